The minimum Gasteiger partial charge on any atom is -0.469 e. The zero-order valence-corrected chi connectivity index (χ0v) is 12.4. The van der Waals surface area contributed by atoms with Crippen LogP contribution in [0.15, 0.2) is 22.8 Å². The number of halogens is 1. The van der Waals surface area contributed by atoms with Crippen molar-refractivity contribution in [3.63, 3.8) is 0 Å². The maximum Gasteiger partial charge on any atom is 0.305 e. The monoisotopic (exact) mass is 328 g/mol. The molecular weight excluding hydrogens is 312 g/mol. The lowest BCUT2D eigenvalue weighted by molar-refractivity contribution is -0.140. The van der Waals surface area contributed by atoms with Gasteiger partial charge >= 0.3 is 5.97 Å². The zero-order valence-electron chi connectivity index (χ0n) is 10.8. The molecule has 0 radical (unpaired) electrons. The summed E-state index contributed by atoms with van der Waals surface area (Å²) in [6.07, 6.45) is 4.51. The van der Waals surface area contributed by atoms with E-state index >= 15 is 0 Å². The average molecular weight is 329 g/mol. The predicted octanol–water partition coefficient (Wildman–Crippen LogP) is 2.31. The first-order chi connectivity index (χ1) is 9.13. The minimum absolute atomic E-state index is 0.180. The number of pyridine rings is 1. The topological polar surface area (TPSA) is 68.3 Å². The molecule has 1 rings (SSSR count). The van der Waals surface area contributed by atoms with Crippen LogP contribution in [0.4, 0.5) is 0 Å². The third-order valence-electron chi connectivity index (χ3n) is 2.53. The van der Waals surface area contributed by atoms with E-state index in [1.54, 1.807) is 18.3 Å². The maximum atomic E-state index is 11.7. The molecule has 0 aromatic carbocycles. The fourth-order valence-electron chi connectivity index (χ4n) is 1.48. The molecule has 0 saturated carbocycles. The van der Waals surface area contributed by atoms with Crippen molar-refractivity contribution < 1.29 is 14.3 Å². The lowest BCUT2D eigenvalue weighted by atomic mass is 10.2. The second kappa shape index (κ2) is 8.63. The van der Waals surface area contributed by atoms with Gasteiger partial charge < -0.3 is 10.1 Å². The summed E-state index contributed by atoms with van der Waals surface area (Å²) in [6, 6.07) is 3.44. The van der Waals surface area contributed by atoms with E-state index in [1.165, 1.54) is 7.11 Å². The third kappa shape index (κ3) is 6.33. The summed E-state index contributed by atoms with van der Waals surface area (Å²) in [7, 11) is 1.38. The molecule has 0 saturated heterocycles. The quantitative estimate of drug-likeness (QED) is 0.616. The molecule has 1 heterocycles. The lowest BCUT2D eigenvalue weighted by Gasteiger charge is -2.04. The first kappa shape index (κ1) is 15.6. The number of carbonyl (C=O) groups is 2. The Hall–Kier alpha value is -1.43. The number of nitrogens with zero attached hydrogens (tertiary/aromatic N) is 1. The number of hydrogen-bond donors (Lipinski definition) is 1. The molecule has 0 aliphatic heterocycles. The van der Waals surface area contributed by atoms with Crippen molar-refractivity contribution in [1.82, 2.24) is 10.3 Å². The Morgan fingerprint density at radius 2 is 2.11 bits per heavy atom. The van der Waals surface area contributed by atoms with Gasteiger partial charge in [0.1, 0.15) is 5.69 Å². The smallest absolute Gasteiger partial charge is 0.305 e. The number of methoxy groups -OCH3 is 1. The van der Waals surface area contributed by atoms with Gasteiger partial charge in [0.25, 0.3) is 5.91 Å². The SMILES string of the molecule is COC(=O)CCCCCNC(=O)c1ccc(Br)cn1. The van der Waals surface area contributed by atoms with Gasteiger partial charge in [0, 0.05) is 23.6 Å². The highest BCUT2D eigenvalue weighted by Gasteiger charge is 2.05. The van der Waals surface area contributed by atoms with Crippen molar-refractivity contribution in [2.24, 2.45) is 0 Å². The molecule has 1 aromatic rings. The van der Waals surface area contributed by atoms with E-state index in [4.69, 9.17) is 0 Å². The molecule has 1 N–H and O–H groups in total. The van der Waals surface area contributed by atoms with Gasteiger partial charge in [-0.15, -0.1) is 0 Å². The molecule has 0 fully saturated rings. The van der Waals surface area contributed by atoms with Crippen LogP contribution in [0.2, 0.25) is 0 Å². The average Bonchev–Trinajstić information content (AvgIpc) is 2.42. The number of nitrogens with one attached hydrogen (secondary N) is 1. The zero-order chi connectivity index (χ0) is 14.1. The van der Waals surface area contributed by atoms with E-state index in [2.05, 4.69) is 31.0 Å². The van der Waals surface area contributed by atoms with Gasteiger partial charge in [-0.1, -0.05) is 6.42 Å². The van der Waals surface area contributed by atoms with Crippen LogP contribution < -0.4 is 5.32 Å². The molecule has 0 aliphatic carbocycles. The largest absolute Gasteiger partial charge is 0.469 e. The van der Waals surface area contributed by atoms with Crippen LogP contribution in [0.25, 0.3) is 0 Å². The first-order valence-electron chi connectivity index (χ1n) is 6.10. The van der Waals surface area contributed by atoms with Crippen LogP contribution in [0.5, 0.6) is 0 Å². The van der Waals surface area contributed by atoms with E-state index in [0.29, 0.717) is 18.7 Å². The van der Waals surface area contributed by atoms with Gasteiger partial charge in [0.15, 0.2) is 0 Å². The fourth-order valence-corrected chi connectivity index (χ4v) is 1.71. The highest BCUT2D eigenvalue weighted by molar-refractivity contribution is 9.10. The van der Waals surface area contributed by atoms with Crippen LogP contribution in [0.3, 0.4) is 0 Å². The van der Waals surface area contributed by atoms with Crippen molar-refractivity contribution in [1.29, 1.82) is 0 Å². The van der Waals surface area contributed by atoms with Crippen LogP contribution in [0, 0.1) is 0 Å². The molecule has 104 valence electrons. The summed E-state index contributed by atoms with van der Waals surface area (Å²) in [6.45, 7) is 0.581. The van der Waals surface area contributed by atoms with Crippen LogP contribution in [-0.4, -0.2) is 30.5 Å². The molecule has 0 unspecified atom stereocenters. The van der Waals surface area contributed by atoms with Gasteiger partial charge in [-0.05, 0) is 40.9 Å². The maximum absolute atomic E-state index is 11.7. The van der Waals surface area contributed by atoms with Gasteiger partial charge in [-0.3, -0.25) is 9.59 Å². The molecule has 1 aromatic heterocycles. The molecule has 0 aliphatic rings. The predicted molar refractivity (Wildman–Crippen MR) is 74.8 cm³/mol. The normalized spacial score (nSPS) is 10.0. The van der Waals surface area contributed by atoms with Crippen molar-refractivity contribution in [3.05, 3.63) is 28.5 Å². The van der Waals surface area contributed by atoms with Crippen molar-refractivity contribution in [2.45, 2.75) is 25.7 Å². The van der Waals surface area contributed by atoms with Crippen molar-refractivity contribution in [2.75, 3.05) is 13.7 Å². The van der Waals surface area contributed by atoms with E-state index < -0.39 is 0 Å². The van der Waals surface area contributed by atoms with E-state index in [0.717, 1.165) is 23.7 Å². The standard InChI is InChI=1S/C13H17BrN2O3/c1-19-12(17)5-3-2-4-8-15-13(18)11-7-6-10(14)9-16-11/h6-7,9H,2-5,8H2,1H3,(H,15,18). The minimum atomic E-state index is -0.192. The van der Waals surface area contributed by atoms with Crippen LogP contribution in [0.1, 0.15) is 36.2 Å². The van der Waals surface area contributed by atoms with Gasteiger partial charge in [0.2, 0.25) is 0 Å². The molecule has 6 heteroatoms. The molecule has 19 heavy (non-hydrogen) atoms. The van der Waals surface area contributed by atoms with Crippen LogP contribution >= 0.6 is 15.9 Å². The Kier molecular flexibility index (Phi) is 7.10. The van der Waals surface area contributed by atoms with Crippen molar-refractivity contribution >= 4 is 27.8 Å². The molecule has 0 bridgehead atoms. The van der Waals surface area contributed by atoms with Gasteiger partial charge in [0.05, 0.1) is 7.11 Å². The molecular formula is C13H17BrN2O3. The lowest BCUT2D eigenvalue weighted by Crippen LogP contribution is -2.25. The number of amides is 1. The molecule has 0 spiro atoms. The highest BCUT2D eigenvalue weighted by atomic mass is 79.9. The van der Waals surface area contributed by atoms with Crippen molar-refractivity contribution in [3.8, 4) is 0 Å². The highest BCUT2D eigenvalue weighted by Crippen LogP contribution is 2.07. The first-order valence-corrected chi connectivity index (χ1v) is 6.89. The van der Waals surface area contributed by atoms with Crippen LogP contribution in [-0.2, 0) is 9.53 Å². The Balaban J connectivity index is 2.14. The Labute approximate surface area is 120 Å². The Morgan fingerprint density at radius 1 is 1.32 bits per heavy atom. The van der Waals surface area contributed by atoms with Gasteiger partial charge in [-0.2, -0.15) is 0 Å². The van der Waals surface area contributed by atoms with E-state index in [-0.39, 0.29) is 11.9 Å². The second-order valence-corrected chi connectivity index (χ2v) is 4.92. The molecule has 1 amide bonds. The molecule has 5 nitrogen and oxygen atoms in total. The number of unbranched alkanes of at least 4 members (excludes halogenated alkanes) is 2. The number of rotatable bonds is 7. The summed E-state index contributed by atoms with van der Waals surface area (Å²) in [4.78, 5) is 26.5. The number of ether oxygens (including phenoxy) is 1. The summed E-state index contributed by atoms with van der Waals surface area (Å²) < 4.78 is 5.38. The van der Waals surface area contributed by atoms with E-state index in [9.17, 15) is 9.59 Å². The summed E-state index contributed by atoms with van der Waals surface area (Å²) in [5.41, 5.74) is 0.401. The number of esters is 1. The van der Waals surface area contributed by atoms with Gasteiger partial charge in [-0.25, -0.2) is 4.98 Å². The number of aromatic nitrogens is 1. The summed E-state index contributed by atoms with van der Waals surface area (Å²) in [5.74, 6) is -0.372. The number of hydrogen-bond acceptors (Lipinski definition) is 4. The number of carbonyl (C=O) groups excluding carboxylic acids is 2. The Morgan fingerprint density at radius 3 is 2.74 bits per heavy atom. The Bertz CT molecular complexity index is 420. The molecule has 0 atom stereocenters. The second-order valence-electron chi connectivity index (χ2n) is 4.00. The van der Waals surface area contributed by atoms with E-state index in [1.807, 2.05) is 0 Å². The fraction of sp³-hybridized carbons (Fsp3) is 0.462. The third-order valence-corrected chi connectivity index (χ3v) is 3.00. The summed E-state index contributed by atoms with van der Waals surface area (Å²) in [5, 5.41) is 2.79. The summed E-state index contributed by atoms with van der Waals surface area (Å²) >= 11 is 3.26.